The van der Waals surface area contributed by atoms with E-state index in [0.717, 1.165) is 17.7 Å². The van der Waals surface area contributed by atoms with Crippen LogP contribution < -0.4 is 10.1 Å². The number of aromatic nitrogens is 4. The lowest BCUT2D eigenvalue weighted by Crippen LogP contribution is -2.49. The van der Waals surface area contributed by atoms with Crippen molar-refractivity contribution in [3.8, 4) is 17.6 Å². The molecular weight excluding hydrogens is 453 g/mol. The van der Waals surface area contributed by atoms with Crippen molar-refractivity contribution >= 4 is 12.0 Å². The fraction of sp³-hybridized carbons (Fsp3) is 0.286. The smallest absolute Gasteiger partial charge is 0.417 e. The number of tetrazole rings is 1. The molecule has 2 aromatic carbocycles. The molecule has 13 heteroatoms. The molecule has 176 valence electrons. The average molecular weight is 472 g/mol. The third kappa shape index (κ3) is 5.59. The van der Waals surface area contributed by atoms with Gasteiger partial charge in [0.1, 0.15) is 11.5 Å². The molecule has 0 atom stereocenters. The zero-order valence-electron chi connectivity index (χ0n) is 17.7. The Kier molecular flexibility index (Phi) is 6.60. The molecule has 1 saturated heterocycles. The monoisotopic (exact) mass is 472 g/mol. The van der Waals surface area contributed by atoms with Crippen LogP contribution in [0.2, 0.25) is 0 Å². The fourth-order valence-corrected chi connectivity index (χ4v) is 3.52. The molecule has 0 bridgehead atoms. The van der Waals surface area contributed by atoms with E-state index in [0.29, 0.717) is 38.5 Å². The summed E-state index contributed by atoms with van der Waals surface area (Å²) in [5, 5.41) is 24.5. The molecule has 1 fully saturated rings. The van der Waals surface area contributed by atoms with E-state index >= 15 is 0 Å². The van der Waals surface area contributed by atoms with E-state index in [2.05, 4.69) is 30.8 Å². The molecule has 0 saturated carbocycles. The van der Waals surface area contributed by atoms with Gasteiger partial charge in [0.15, 0.2) is 0 Å². The number of halogens is 3. The molecule has 10 nitrogen and oxygen atoms in total. The van der Waals surface area contributed by atoms with Crippen molar-refractivity contribution < 1.29 is 22.7 Å². The quantitative estimate of drug-likeness (QED) is 0.584. The van der Waals surface area contributed by atoms with Crippen molar-refractivity contribution in [3.05, 3.63) is 59.2 Å². The number of anilines is 1. The van der Waals surface area contributed by atoms with E-state index in [4.69, 9.17) is 10.00 Å². The first-order valence-electron chi connectivity index (χ1n) is 10.2. The van der Waals surface area contributed by atoms with Crippen molar-refractivity contribution in [2.45, 2.75) is 12.7 Å². The number of carbonyl (C=O) groups is 1. The molecule has 2 amide bonds. The number of H-pyrrole nitrogens is 1. The molecule has 2 heterocycles. The molecule has 1 aliphatic rings. The Bertz CT molecular complexity index is 1190. The lowest BCUT2D eigenvalue weighted by molar-refractivity contribution is -0.137. The topological polar surface area (TPSA) is 123 Å². The normalized spacial score (nSPS) is 14.5. The van der Waals surface area contributed by atoms with Crippen LogP contribution in [0.1, 0.15) is 16.7 Å². The largest absolute Gasteiger partial charge is 0.457 e. The number of nitrogens with zero attached hydrogens (tertiary/aromatic N) is 6. The van der Waals surface area contributed by atoms with Crippen LogP contribution in [0.3, 0.4) is 0 Å². The lowest BCUT2D eigenvalue weighted by Gasteiger charge is -2.34. The van der Waals surface area contributed by atoms with E-state index in [9.17, 15) is 18.0 Å². The van der Waals surface area contributed by atoms with Crippen molar-refractivity contribution in [1.29, 1.82) is 5.26 Å². The lowest BCUT2D eigenvalue weighted by atomic mass is 10.1. The molecule has 0 unspecified atom stereocenters. The number of nitrogens with one attached hydrogen (secondary N) is 2. The summed E-state index contributed by atoms with van der Waals surface area (Å²) in [5.41, 5.74) is -0.588. The Balaban J connectivity index is 1.35. The number of alkyl halides is 3. The number of urea groups is 1. The number of aromatic amines is 1. The van der Waals surface area contributed by atoms with Crippen LogP contribution in [-0.4, -0.2) is 62.6 Å². The van der Waals surface area contributed by atoms with E-state index in [1.807, 2.05) is 6.07 Å². The third-order valence-electron chi connectivity index (χ3n) is 5.18. The Morgan fingerprint density at radius 3 is 2.59 bits per heavy atom. The Morgan fingerprint density at radius 2 is 1.91 bits per heavy atom. The van der Waals surface area contributed by atoms with Crippen LogP contribution in [0.25, 0.3) is 0 Å². The van der Waals surface area contributed by atoms with E-state index in [-0.39, 0.29) is 17.7 Å². The highest BCUT2D eigenvalue weighted by molar-refractivity contribution is 5.87. The SMILES string of the molecule is N#Cc1ccc(Oc2cccc(CN3CCN(C(=O)Nc4nn[nH]n4)CC3)c2)cc1C(F)(F)F. The molecular formula is C21H19F3N8O2. The van der Waals surface area contributed by atoms with Gasteiger partial charge in [-0.15, -0.1) is 5.10 Å². The minimum Gasteiger partial charge on any atom is -0.457 e. The highest BCUT2D eigenvalue weighted by Crippen LogP contribution is 2.35. The summed E-state index contributed by atoms with van der Waals surface area (Å²) in [6.07, 6.45) is -4.66. The number of nitriles is 1. The van der Waals surface area contributed by atoms with Gasteiger partial charge in [-0.1, -0.05) is 17.2 Å². The van der Waals surface area contributed by atoms with Crippen molar-refractivity contribution in [3.63, 3.8) is 0 Å². The number of amides is 2. The summed E-state index contributed by atoms with van der Waals surface area (Å²) in [6, 6.07) is 11.5. The zero-order chi connectivity index (χ0) is 24.1. The van der Waals surface area contributed by atoms with Gasteiger partial charge in [0.25, 0.3) is 5.95 Å². The maximum atomic E-state index is 13.2. The highest BCUT2D eigenvalue weighted by Gasteiger charge is 2.34. The van der Waals surface area contributed by atoms with Gasteiger partial charge in [-0.05, 0) is 41.1 Å². The molecule has 1 aromatic heterocycles. The predicted molar refractivity (Wildman–Crippen MR) is 113 cm³/mol. The molecule has 2 N–H and O–H groups in total. The van der Waals surface area contributed by atoms with Gasteiger partial charge in [0, 0.05) is 32.7 Å². The maximum Gasteiger partial charge on any atom is 0.417 e. The molecule has 0 radical (unpaired) electrons. The maximum absolute atomic E-state index is 13.2. The fourth-order valence-electron chi connectivity index (χ4n) is 3.52. The Hall–Kier alpha value is -4.18. The number of hydrogen-bond acceptors (Lipinski definition) is 7. The first-order chi connectivity index (χ1) is 16.3. The van der Waals surface area contributed by atoms with Gasteiger partial charge in [0.05, 0.1) is 17.2 Å². The number of benzene rings is 2. The Morgan fingerprint density at radius 1 is 1.15 bits per heavy atom. The number of rotatable bonds is 5. The van der Waals surface area contributed by atoms with Crippen LogP contribution in [0.15, 0.2) is 42.5 Å². The molecule has 34 heavy (non-hydrogen) atoms. The summed E-state index contributed by atoms with van der Waals surface area (Å²) in [6.45, 7) is 2.86. The second-order valence-electron chi connectivity index (χ2n) is 7.50. The van der Waals surface area contributed by atoms with E-state index in [1.165, 1.54) is 6.07 Å². The third-order valence-corrected chi connectivity index (χ3v) is 5.18. The van der Waals surface area contributed by atoms with E-state index in [1.54, 1.807) is 29.2 Å². The molecule has 1 aliphatic heterocycles. The highest BCUT2D eigenvalue weighted by atomic mass is 19.4. The second kappa shape index (κ2) is 9.75. The first-order valence-corrected chi connectivity index (χ1v) is 10.2. The summed E-state index contributed by atoms with van der Waals surface area (Å²) in [4.78, 5) is 16.0. The van der Waals surface area contributed by atoms with Gasteiger partial charge >= 0.3 is 12.2 Å². The van der Waals surface area contributed by atoms with Gasteiger partial charge in [0.2, 0.25) is 0 Å². The van der Waals surface area contributed by atoms with Crippen LogP contribution in [-0.2, 0) is 12.7 Å². The zero-order valence-corrected chi connectivity index (χ0v) is 17.7. The van der Waals surface area contributed by atoms with Gasteiger partial charge in [-0.2, -0.15) is 23.6 Å². The van der Waals surface area contributed by atoms with Gasteiger partial charge in [-0.3, -0.25) is 10.2 Å². The van der Waals surface area contributed by atoms with Gasteiger partial charge in [-0.25, -0.2) is 4.79 Å². The van der Waals surface area contributed by atoms with Crippen molar-refractivity contribution in [1.82, 2.24) is 30.4 Å². The van der Waals surface area contributed by atoms with Crippen molar-refractivity contribution in [2.75, 3.05) is 31.5 Å². The Labute approximate surface area is 191 Å². The molecule has 4 rings (SSSR count). The predicted octanol–water partition coefficient (Wildman–Crippen LogP) is 3.23. The number of ether oxygens (including phenoxy) is 1. The number of piperazine rings is 1. The molecule has 0 aliphatic carbocycles. The minimum absolute atomic E-state index is 0.00953. The summed E-state index contributed by atoms with van der Waals surface area (Å²) < 4.78 is 45.2. The standard InChI is InChI=1S/C21H19F3N8O2/c22-21(23,24)18-11-17(5-4-15(18)12-25)34-16-3-1-2-14(10-16)13-31-6-8-32(9-7-31)20(33)26-19-27-29-30-28-19/h1-5,10-11H,6-9,13H2,(H2,26,27,28,29,30,33). The van der Waals surface area contributed by atoms with Crippen LogP contribution in [0.4, 0.5) is 23.9 Å². The second-order valence-corrected chi connectivity index (χ2v) is 7.50. The number of hydrogen-bond donors (Lipinski definition) is 2. The van der Waals surface area contributed by atoms with Crippen LogP contribution in [0, 0.1) is 11.3 Å². The first kappa shape index (κ1) is 23.0. The van der Waals surface area contributed by atoms with E-state index < -0.39 is 17.3 Å². The van der Waals surface area contributed by atoms with Gasteiger partial charge < -0.3 is 9.64 Å². The average Bonchev–Trinajstić information content (AvgIpc) is 3.32. The molecule has 3 aromatic rings. The summed E-state index contributed by atoms with van der Waals surface area (Å²) >= 11 is 0. The molecule has 0 spiro atoms. The van der Waals surface area contributed by atoms with Crippen LogP contribution >= 0.6 is 0 Å². The summed E-state index contributed by atoms with van der Waals surface area (Å²) in [5.74, 6) is 0.479. The van der Waals surface area contributed by atoms with Crippen LogP contribution in [0.5, 0.6) is 11.5 Å². The van der Waals surface area contributed by atoms with Crippen molar-refractivity contribution in [2.24, 2.45) is 0 Å². The summed E-state index contributed by atoms with van der Waals surface area (Å²) in [7, 11) is 0. The number of carbonyl (C=O) groups excluding carboxylic acids is 1. The minimum atomic E-state index is -4.66.